The van der Waals surface area contributed by atoms with Gasteiger partial charge in [0, 0.05) is 18.8 Å². The molecular formula is C35H56N2O5. The third-order valence-corrected chi connectivity index (χ3v) is 14.4. The molecule has 0 aromatic rings. The number of allylic oxidation sites excluding steroid dienone is 2. The Hall–Kier alpha value is -1.73. The van der Waals surface area contributed by atoms with Gasteiger partial charge in [0.1, 0.15) is 0 Å². The Morgan fingerprint density at radius 2 is 1.57 bits per heavy atom. The average Bonchev–Trinajstić information content (AvgIpc) is 2.92. The number of amides is 2. The Balaban J connectivity index is 1.45. The lowest BCUT2D eigenvalue weighted by atomic mass is 9.33. The summed E-state index contributed by atoms with van der Waals surface area (Å²) in [5, 5.41) is 23.3. The van der Waals surface area contributed by atoms with Crippen molar-refractivity contribution >= 4 is 17.6 Å². The lowest BCUT2D eigenvalue weighted by Crippen LogP contribution is -2.72. The molecule has 4 fully saturated rings. The number of fused-ring (bicyclic) bond motifs is 7. The van der Waals surface area contributed by atoms with Gasteiger partial charge in [-0.05, 0) is 123 Å². The van der Waals surface area contributed by atoms with Crippen molar-refractivity contribution in [3.05, 3.63) is 11.6 Å². The summed E-state index contributed by atoms with van der Waals surface area (Å²) in [6, 6.07) is 0. The Bertz CT molecular complexity index is 1150. The van der Waals surface area contributed by atoms with Crippen molar-refractivity contribution in [2.45, 2.75) is 137 Å². The van der Waals surface area contributed by atoms with Crippen LogP contribution in [0.25, 0.3) is 0 Å². The van der Waals surface area contributed by atoms with Crippen molar-refractivity contribution < 1.29 is 24.7 Å². The van der Waals surface area contributed by atoms with Gasteiger partial charge in [-0.1, -0.05) is 47.1 Å². The van der Waals surface area contributed by atoms with Gasteiger partial charge in [-0.25, -0.2) is 5.48 Å². The molecule has 4 N–H and O–H groups in total. The lowest BCUT2D eigenvalue weighted by Gasteiger charge is -2.70. The van der Waals surface area contributed by atoms with Crippen molar-refractivity contribution in [3.63, 3.8) is 0 Å². The Labute approximate surface area is 253 Å². The zero-order valence-corrected chi connectivity index (χ0v) is 27.1. The summed E-state index contributed by atoms with van der Waals surface area (Å²) in [7, 11) is 0. The van der Waals surface area contributed by atoms with Crippen LogP contribution in [0.5, 0.6) is 0 Å². The number of aliphatic hydroxyl groups is 1. The molecule has 0 aliphatic heterocycles. The van der Waals surface area contributed by atoms with Crippen LogP contribution in [0.3, 0.4) is 0 Å². The first kappa shape index (κ1) is 31.7. The predicted molar refractivity (Wildman–Crippen MR) is 162 cm³/mol. The molecule has 5 aliphatic carbocycles. The second-order valence-corrected chi connectivity index (χ2v) is 16.4. The minimum absolute atomic E-state index is 0.0130. The molecule has 0 saturated heterocycles. The maximum Gasteiger partial charge on any atom is 0.243 e. The molecule has 0 spiro atoms. The molecule has 0 heterocycles. The van der Waals surface area contributed by atoms with Crippen molar-refractivity contribution in [2.75, 3.05) is 0 Å². The Kier molecular flexibility index (Phi) is 8.08. The second-order valence-electron chi connectivity index (χ2n) is 16.4. The van der Waals surface area contributed by atoms with Crippen molar-refractivity contribution in [1.82, 2.24) is 10.8 Å². The number of ketones is 1. The number of carbonyl (C=O) groups excluding carboxylic acids is 3. The molecular weight excluding hydrogens is 528 g/mol. The fraction of sp³-hybridized carbons (Fsp3) is 0.857. The summed E-state index contributed by atoms with van der Waals surface area (Å²) in [6.07, 6.45) is 10.9. The SMILES string of the molecule is C[C@H]1[C@H](C)CC[C@]2(C)CC[C@]3(C)C(=CC(=O)[C@@H]4[C@@]5(C)CC[C@@H](O)[C@](C)(NC(=O)CCCCC(=O)NO)[C@@H]5CC[C@]43C)[C@H]12. The van der Waals surface area contributed by atoms with Gasteiger partial charge in [-0.3, -0.25) is 19.6 Å². The van der Waals surface area contributed by atoms with Gasteiger partial charge in [0.05, 0.1) is 11.6 Å². The van der Waals surface area contributed by atoms with E-state index in [-0.39, 0.29) is 58.0 Å². The van der Waals surface area contributed by atoms with Gasteiger partial charge in [-0.15, -0.1) is 0 Å². The minimum Gasteiger partial charge on any atom is -0.391 e. The number of carbonyl (C=O) groups is 3. The molecule has 4 saturated carbocycles. The van der Waals surface area contributed by atoms with Gasteiger partial charge < -0.3 is 10.4 Å². The first-order valence-corrected chi connectivity index (χ1v) is 16.8. The largest absolute Gasteiger partial charge is 0.391 e. The normalized spacial score (nSPS) is 48.1. The van der Waals surface area contributed by atoms with E-state index in [4.69, 9.17) is 5.21 Å². The van der Waals surface area contributed by atoms with E-state index >= 15 is 0 Å². The average molecular weight is 585 g/mol. The van der Waals surface area contributed by atoms with E-state index in [0.717, 1.165) is 25.7 Å². The van der Waals surface area contributed by atoms with Gasteiger partial charge in [-0.2, -0.15) is 0 Å². The van der Waals surface area contributed by atoms with Crippen molar-refractivity contribution in [1.29, 1.82) is 0 Å². The van der Waals surface area contributed by atoms with Crippen LogP contribution in [0.15, 0.2) is 11.6 Å². The van der Waals surface area contributed by atoms with E-state index in [0.29, 0.717) is 37.0 Å². The second kappa shape index (κ2) is 10.7. The zero-order valence-electron chi connectivity index (χ0n) is 27.1. The molecule has 0 bridgehead atoms. The number of hydrogen-bond donors (Lipinski definition) is 4. The number of nitrogens with one attached hydrogen (secondary N) is 2. The fourth-order valence-corrected chi connectivity index (χ4v) is 11.5. The van der Waals surface area contributed by atoms with Gasteiger partial charge in [0.15, 0.2) is 5.78 Å². The van der Waals surface area contributed by atoms with E-state index < -0.39 is 17.6 Å². The Morgan fingerprint density at radius 1 is 0.905 bits per heavy atom. The van der Waals surface area contributed by atoms with Crippen LogP contribution < -0.4 is 10.8 Å². The topological polar surface area (TPSA) is 116 Å². The van der Waals surface area contributed by atoms with Gasteiger partial charge >= 0.3 is 0 Å². The first-order chi connectivity index (χ1) is 19.6. The highest BCUT2D eigenvalue weighted by Crippen LogP contribution is 2.74. The van der Waals surface area contributed by atoms with Crippen LogP contribution in [0.4, 0.5) is 0 Å². The first-order valence-electron chi connectivity index (χ1n) is 16.8. The molecule has 0 radical (unpaired) electrons. The molecule has 7 heteroatoms. The smallest absolute Gasteiger partial charge is 0.243 e. The summed E-state index contributed by atoms with van der Waals surface area (Å²) in [4.78, 5) is 39.1. The van der Waals surface area contributed by atoms with Crippen LogP contribution in [0, 0.1) is 51.2 Å². The molecule has 236 valence electrons. The minimum atomic E-state index is -0.822. The quantitative estimate of drug-likeness (QED) is 0.171. The third kappa shape index (κ3) is 4.53. The lowest BCUT2D eigenvalue weighted by molar-refractivity contribution is -0.194. The molecule has 0 aromatic heterocycles. The van der Waals surface area contributed by atoms with Crippen molar-refractivity contribution in [3.8, 4) is 0 Å². The number of hydrogen-bond acceptors (Lipinski definition) is 5. The van der Waals surface area contributed by atoms with Crippen LogP contribution in [-0.2, 0) is 14.4 Å². The summed E-state index contributed by atoms with van der Waals surface area (Å²) >= 11 is 0. The number of hydroxylamine groups is 1. The molecule has 2 amide bonds. The zero-order chi connectivity index (χ0) is 30.9. The van der Waals surface area contributed by atoms with Crippen LogP contribution in [0.1, 0.15) is 126 Å². The predicted octanol–water partition coefficient (Wildman–Crippen LogP) is 6.12. The highest BCUT2D eigenvalue weighted by Gasteiger charge is 2.70. The van der Waals surface area contributed by atoms with E-state index in [9.17, 15) is 19.5 Å². The molecule has 5 aliphatic rings. The monoisotopic (exact) mass is 584 g/mol. The molecule has 0 unspecified atom stereocenters. The van der Waals surface area contributed by atoms with Crippen LogP contribution in [0.2, 0.25) is 0 Å². The third-order valence-electron chi connectivity index (χ3n) is 14.4. The summed E-state index contributed by atoms with van der Waals surface area (Å²) in [6.45, 7) is 16.5. The highest BCUT2D eigenvalue weighted by molar-refractivity contribution is 5.95. The molecule has 11 atom stereocenters. The van der Waals surface area contributed by atoms with Crippen molar-refractivity contribution in [2.24, 2.45) is 51.2 Å². The number of rotatable bonds is 6. The molecule has 42 heavy (non-hydrogen) atoms. The highest BCUT2D eigenvalue weighted by atomic mass is 16.5. The van der Waals surface area contributed by atoms with E-state index in [1.54, 1.807) is 5.48 Å². The van der Waals surface area contributed by atoms with Crippen LogP contribution >= 0.6 is 0 Å². The maximum absolute atomic E-state index is 14.6. The van der Waals surface area contributed by atoms with E-state index in [1.165, 1.54) is 24.8 Å². The van der Waals surface area contributed by atoms with E-state index in [2.05, 4.69) is 52.9 Å². The summed E-state index contributed by atoms with van der Waals surface area (Å²) in [5.41, 5.74) is 1.97. The Morgan fingerprint density at radius 3 is 2.24 bits per heavy atom. The molecule has 5 rings (SSSR count). The van der Waals surface area contributed by atoms with Crippen LogP contribution in [-0.4, -0.2) is 39.6 Å². The number of unbranched alkanes of at least 4 members (excludes halogenated alkanes) is 1. The fourth-order valence-electron chi connectivity index (χ4n) is 11.5. The molecule has 0 aromatic carbocycles. The standard InChI is InChI=1S/C35H56N2O5/c1-21-12-15-31(3)18-19-33(5)23(29(31)22(21)2)20-24(38)30-32(4)16-14-26(39)35(7,25(32)13-17-34(30,33)6)36-27(40)10-8-9-11-28(41)37-42/h20-22,25-26,29-30,39,42H,8-19H2,1-7H3,(H,36,40)(H,37,41)/t21-,22+,25-,26-,29+,30-,31-,32+,33-,34-,35-/m1/s1. The van der Waals surface area contributed by atoms with E-state index in [1.807, 2.05) is 6.92 Å². The summed E-state index contributed by atoms with van der Waals surface area (Å²) in [5.74, 6) is 1.22. The summed E-state index contributed by atoms with van der Waals surface area (Å²) < 4.78 is 0. The van der Waals surface area contributed by atoms with Gasteiger partial charge in [0.2, 0.25) is 11.8 Å². The maximum atomic E-state index is 14.6. The van der Waals surface area contributed by atoms with Gasteiger partial charge in [0.25, 0.3) is 0 Å². The number of aliphatic hydroxyl groups excluding tert-OH is 1. The molecule has 7 nitrogen and oxygen atoms in total.